The van der Waals surface area contributed by atoms with E-state index in [0.29, 0.717) is 10.2 Å². The summed E-state index contributed by atoms with van der Waals surface area (Å²) in [7, 11) is 0. The molecule has 1 N–H and O–H groups in total. The van der Waals surface area contributed by atoms with Crippen LogP contribution in [0, 0.1) is 5.82 Å². The van der Waals surface area contributed by atoms with Crippen molar-refractivity contribution in [3.63, 3.8) is 0 Å². The lowest BCUT2D eigenvalue weighted by molar-refractivity contribution is -0.155. The van der Waals surface area contributed by atoms with E-state index in [2.05, 4.69) is 31.2 Å². The highest BCUT2D eigenvalue weighted by atomic mass is 79.9. The third-order valence-electron chi connectivity index (χ3n) is 4.08. The van der Waals surface area contributed by atoms with Crippen LogP contribution in [0.3, 0.4) is 0 Å². The standard InChI is InChI=1S/C21H20BrFN4O4/c1-21(2,3)31-17(28)11-27-18-15(26-16(22)10-24-18)8-14(20(27)30)19(29)25-9-12-4-6-13(23)7-5-12/h4-8,10H,9,11H2,1-3H3,(H,25,29). The molecular weight excluding hydrogens is 471 g/mol. The maximum atomic E-state index is 13.0. The minimum absolute atomic E-state index is 0.0901. The number of ether oxygens (including phenoxy) is 1. The molecule has 162 valence electrons. The maximum Gasteiger partial charge on any atom is 0.326 e. The van der Waals surface area contributed by atoms with Crippen LogP contribution in [0.4, 0.5) is 4.39 Å². The van der Waals surface area contributed by atoms with E-state index in [1.54, 1.807) is 20.8 Å². The molecule has 8 nitrogen and oxygen atoms in total. The van der Waals surface area contributed by atoms with Crippen molar-refractivity contribution in [1.82, 2.24) is 19.9 Å². The summed E-state index contributed by atoms with van der Waals surface area (Å²) in [4.78, 5) is 46.5. The Balaban J connectivity index is 1.96. The third-order valence-corrected chi connectivity index (χ3v) is 4.46. The van der Waals surface area contributed by atoms with Crippen molar-refractivity contribution in [2.75, 3.05) is 0 Å². The lowest BCUT2D eigenvalue weighted by atomic mass is 10.2. The molecule has 0 aliphatic heterocycles. The molecule has 3 rings (SSSR count). The smallest absolute Gasteiger partial charge is 0.326 e. The van der Waals surface area contributed by atoms with E-state index < -0.39 is 35.4 Å². The first-order chi connectivity index (χ1) is 14.5. The Morgan fingerprint density at radius 3 is 2.55 bits per heavy atom. The number of nitrogens with zero attached hydrogens (tertiary/aromatic N) is 3. The first kappa shape index (κ1) is 22.5. The van der Waals surface area contributed by atoms with E-state index in [9.17, 15) is 18.8 Å². The first-order valence-electron chi connectivity index (χ1n) is 9.34. The van der Waals surface area contributed by atoms with Gasteiger partial charge in [-0.05, 0) is 60.5 Å². The normalized spacial score (nSPS) is 11.4. The number of pyridine rings is 1. The zero-order valence-corrected chi connectivity index (χ0v) is 18.7. The lowest BCUT2D eigenvalue weighted by Crippen LogP contribution is -2.36. The predicted octanol–water partition coefficient (Wildman–Crippen LogP) is 2.96. The Kier molecular flexibility index (Phi) is 6.49. The van der Waals surface area contributed by atoms with E-state index in [4.69, 9.17) is 4.74 Å². The Morgan fingerprint density at radius 1 is 1.23 bits per heavy atom. The molecule has 1 amide bonds. The molecule has 0 saturated carbocycles. The molecule has 2 aromatic heterocycles. The fraction of sp³-hybridized carbons (Fsp3) is 0.286. The number of hydrogen-bond acceptors (Lipinski definition) is 6. The topological polar surface area (TPSA) is 103 Å². The Morgan fingerprint density at radius 2 is 1.90 bits per heavy atom. The van der Waals surface area contributed by atoms with Gasteiger partial charge in [-0.3, -0.25) is 19.0 Å². The van der Waals surface area contributed by atoms with Crippen LogP contribution in [0.1, 0.15) is 36.7 Å². The van der Waals surface area contributed by atoms with Crippen molar-refractivity contribution in [2.24, 2.45) is 0 Å². The van der Waals surface area contributed by atoms with Gasteiger partial charge in [-0.2, -0.15) is 0 Å². The number of nitrogens with one attached hydrogen (secondary N) is 1. The molecule has 0 fully saturated rings. The van der Waals surface area contributed by atoms with Crippen LogP contribution in [0.25, 0.3) is 11.2 Å². The zero-order chi connectivity index (χ0) is 22.8. The Hall–Kier alpha value is -3.14. The zero-order valence-electron chi connectivity index (χ0n) is 17.1. The first-order valence-corrected chi connectivity index (χ1v) is 10.1. The van der Waals surface area contributed by atoms with Gasteiger partial charge in [0.25, 0.3) is 11.5 Å². The third kappa shape index (κ3) is 5.72. The molecule has 0 radical (unpaired) electrons. The van der Waals surface area contributed by atoms with E-state index in [-0.39, 0.29) is 23.3 Å². The monoisotopic (exact) mass is 490 g/mol. The van der Waals surface area contributed by atoms with Gasteiger partial charge < -0.3 is 10.1 Å². The maximum absolute atomic E-state index is 13.0. The molecule has 2 heterocycles. The number of rotatable bonds is 5. The summed E-state index contributed by atoms with van der Waals surface area (Å²) in [6.07, 6.45) is 1.39. The highest BCUT2D eigenvalue weighted by Crippen LogP contribution is 2.15. The molecule has 0 spiro atoms. The summed E-state index contributed by atoms with van der Waals surface area (Å²) in [6.45, 7) is 4.79. The quantitative estimate of drug-likeness (QED) is 0.551. The number of amides is 1. The molecule has 31 heavy (non-hydrogen) atoms. The van der Waals surface area contributed by atoms with Crippen LogP contribution in [-0.2, 0) is 22.6 Å². The van der Waals surface area contributed by atoms with Crippen LogP contribution in [-0.4, -0.2) is 32.0 Å². The van der Waals surface area contributed by atoms with Crippen LogP contribution in [0.2, 0.25) is 0 Å². The van der Waals surface area contributed by atoms with E-state index in [1.807, 2.05) is 0 Å². The van der Waals surface area contributed by atoms with Crippen molar-refractivity contribution in [3.8, 4) is 0 Å². The second kappa shape index (κ2) is 8.93. The molecule has 0 bridgehead atoms. The summed E-state index contributed by atoms with van der Waals surface area (Å²) in [6, 6.07) is 6.93. The predicted molar refractivity (Wildman–Crippen MR) is 115 cm³/mol. The van der Waals surface area contributed by atoms with Gasteiger partial charge in [-0.15, -0.1) is 0 Å². The Labute approximate surface area is 185 Å². The summed E-state index contributed by atoms with van der Waals surface area (Å²) < 4.78 is 19.8. The van der Waals surface area contributed by atoms with Crippen molar-refractivity contribution in [1.29, 1.82) is 0 Å². The average Bonchev–Trinajstić information content (AvgIpc) is 2.67. The number of carbonyl (C=O) groups is 2. The van der Waals surface area contributed by atoms with Gasteiger partial charge in [0.05, 0.1) is 6.20 Å². The van der Waals surface area contributed by atoms with E-state index in [1.165, 1.54) is 36.5 Å². The summed E-state index contributed by atoms with van der Waals surface area (Å²) in [5.41, 5.74) is -0.585. The van der Waals surface area contributed by atoms with Crippen LogP contribution in [0.15, 0.2) is 45.9 Å². The van der Waals surface area contributed by atoms with E-state index >= 15 is 0 Å². The number of benzene rings is 1. The molecule has 10 heteroatoms. The molecule has 0 saturated heterocycles. The highest BCUT2D eigenvalue weighted by Gasteiger charge is 2.22. The van der Waals surface area contributed by atoms with Gasteiger partial charge in [0, 0.05) is 6.54 Å². The van der Waals surface area contributed by atoms with E-state index in [0.717, 1.165) is 4.57 Å². The van der Waals surface area contributed by atoms with Crippen molar-refractivity contribution in [3.05, 3.63) is 68.4 Å². The molecule has 0 atom stereocenters. The van der Waals surface area contributed by atoms with Crippen LogP contribution < -0.4 is 10.9 Å². The minimum Gasteiger partial charge on any atom is -0.459 e. The molecule has 0 aliphatic carbocycles. The largest absolute Gasteiger partial charge is 0.459 e. The minimum atomic E-state index is -0.741. The van der Waals surface area contributed by atoms with Crippen molar-refractivity contribution < 1.29 is 18.7 Å². The number of fused-ring (bicyclic) bond motifs is 1. The summed E-state index contributed by atoms with van der Waals surface area (Å²) >= 11 is 3.21. The van der Waals surface area contributed by atoms with Gasteiger partial charge in [0.15, 0.2) is 5.65 Å². The molecular formula is C21H20BrFN4O4. The fourth-order valence-electron chi connectivity index (χ4n) is 2.81. The second-order valence-corrected chi connectivity index (χ2v) is 8.56. The molecule has 0 unspecified atom stereocenters. The SMILES string of the molecule is CC(C)(C)OC(=O)Cn1c(=O)c(C(=O)NCc2ccc(F)cc2)cc2nc(Br)cnc21. The van der Waals surface area contributed by atoms with Gasteiger partial charge in [0.1, 0.15) is 33.6 Å². The number of esters is 1. The Bertz CT molecular complexity index is 1200. The van der Waals surface area contributed by atoms with Gasteiger partial charge in [-0.25, -0.2) is 14.4 Å². The number of aromatic nitrogens is 3. The number of hydrogen-bond donors (Lipinski definition) is 1. The molecule has 1 aromatic carbocycles. The number of halogens is 2. The molecule has 3 aromatic rings. The van der Waals surface area contributed by atoms with Gasteiger partial charge in [0.2, 0.25) is 0 Å². The van der Waals surface area contributed by atoms with Gasteiger partial charge in [-0.1, -0.05) is 12.1 Å². The lowest BCUT2D eigenvalue weighted by Gasteiger charge is -2.20. The average molecular weight is 491 g/mol. The number of carbonyl (C=O) groups excluding carboxylic acids is 2. The summed E-state index contributed by atoms with van der Waals surface area (Å²) in [5, 5.41) is 2.62. The molecule has 0 aliphatic rings. The van der Waals surface area contributed by atoms with Crippen LogP contribution >= 0.6 is 15.9 Å². The van der Waals surface area contributed by atoms with Crippen molar-refractivity contribution in [2.45, 2.75) is 39.5 Å². The van der Waals surface area contributed by atoms with Crippen LogP contribution in [0.5, 0.6) is 0 Å². The summed E-state index contributed by atoms with van der Waals surface area (Å²) in [5.74, 6) is -1.70. The highest BCUT2D eigenvalue weighted by molar-refractivity contribution is 9.10. The van der Waals surface area contributed by atoms with Gasteiger partial charge >= 0.3 is 5.97 Å². The van der Waals surface area contributed by atoms with Crippen molar-refractivity contribution >= 4 is 39.0 Å². The second-order valence-electron chi connectivity index (χ2n) is 7.75. The fourth-order valence-corrected chi connectivity index (χ4v) is 3.10.